The Bertz CT molecular complexity index is 410. The Labute approximate surface area is 99.8 Å². The predicted octanol–water partition coefficient (Wildman–Crippen LogP) is 0.187. The molecular weight excluding hydrogens is 220 g/mol. The van der Waals surface area contributed by atoms with Crippen LogP contribution < -0.4 is 15.4 Å². The van der Waals surface area contributed by atoms with Gasteiger partial charge in [-0.1, -0.05) is 0 Å². The molecule has 0 spiro atoms. The minimum atomic E-state index is -0.252. The van der Waals surface area contributed by atoms with Crippen LogP contribution in [0.5, 0.6) is 5.88 Å². The summed E-state index contributed by atoms with van der Waals surface area (Å²) in [7, 11) is 1.56. The van der Waals surface area contributed by atoms with Crippen LogP contribution in [0.1, 0.15) is 12.8 Å². The van der Waals surface area contributed by atoms with Crippen LogP contribution in [0.15, 0.2) is 12.3 Å². The van der Waals surface area contributed by atoms with Crippen molar-refractivity contribution in [1.29, 1.82) is 0 Å². The van der Waals surface area contributed by atoms with Crippen molar-refractivity contribution in [2.45, 2.75) is 12.8 Å². The number of nitrogens with zero attached hydrogens (tertiary/aromatic N) is 3. The average Bonchev–Trinajstić information content (AvgIpc) is 2.39. The number of piperidine rings is 1. The number of hydrogen-bond donors (Lipinski definition) is 1. The predicted molar refractivity (Wildman–Crippen MR) is 62.7 cm³/mol. The van der Waals surface area contributed by atoms with E-state index in [9.17, 15) is 4.79 Å². The highest BCUT2D eigenvalue weighted by molar-refractivity contribution is 5.77. The zero-order valence-corrected chi connectivity index (χ0v) is 9.80. The van der Waals surface area contributed by atoms with Crippen LogP contribution in [-0.2, 0) is 4.79 Å². The molecule has 0 bridgehead atoms. The minimum Gasteiger partial charge on any atom is -0.481 e. The first-order chi connectivity index (χ1) is 8.20. The molecule has 1 saturated heterocycles. The van der Waals surface area contributed by atoms with Gasteiger partial charge in [0.15, 0.2) is 0 Å². The Hall–Kier alpha value is -1.85. The lowest BCUT2D eigenvalue weighted by Gasteiger charge is -2.31. The largest absolute Gasteiger partial charge is 0.481 e. The number of methoxy groups -OCH3 is 1. The second-order valence-corrected chi connectivity index (χ2v) is 4.09. The minimum absolute atomic E-state index is 0.112. The van der Waals surface area contributed by atoms with Crippen LogP contribution in [0.3, 0.4) is 0 Å². The van der Waals surface area contributed by atoms with Gasteiger partial charge < -0.3 is 15.4 Å². The van der Waals surface area contributed by atoms with E-state index in [1.165, 1.54) is 0 Å². The van der Waals surface area contributed by atoms with Crippen LogP contribution in [0, 0.1) is 5.92 Å². The molecule has 0 aliphatic carbocycles. The van der Waals surface area contributed by atoms with Gasteiger partial charge in [0.1, 0.15) is 0 Å². The van der Waals surface area contributed by atoms with Crippen LogP contribution in [-0.4, -0.2) is 36.1 Å². The summed E-state index contributed by atoms with van der Waals surface area (Å²) < 4.78 is 5.05. The molecule has 1 atom stereocenters. The van der Waals surface area contributed by atoms with Gasteiger partial charge in [0.25, 0.3) is 0 Å². The Balaban J connectivity index is 2.13. The molecule has 1 amide bonds. The molecule has 1 fully saturated rings. The molecule has 1 aromatic heterocycles. The number of rotatable bonds is 3. The summed E-state index contributed by atoms with van der Waals surface area (Å²) in [5.74, 6) is 0.752. The molecule has 1 aliphatic heterocycles. The number of hydrogen-bond acceptors (Lipinski definition) is 5. The van der Waals surface area contributed by atoms with Gasteiger partial charge in [-0.25, -0.2) is 4.98 Å². The number of ether oxygens (including phenoxy) is 1. The van der Waals surface area contributed by atoms with Crippen molar-refractivity contribution >= 4 is 11.9 Å². The fourth-order valence-corrected chi connectivity index (χ4v) is 1.99. The van der Waals surface area contributed by atoms with E-state index in [4.69, 9.17) is 10.5 Å². The molecule has 0 saturated carbocycles. The van der Waals surface area contributed by atoms with E-state index in [0.29, 0.717) is 18.4 Å². The Morgan fingerprint density at radius 2 is 2.47 bits per heavy atom. The Morgan fingerprint density at radius 3 is 3.18 bits per heavy atom. The third-order valence-corrected chi connectivity index (χ3v) is 2.93. The Morgan fingerprint density at radius 1 is 1.65 bits per heavy atom. The van der Waals surface area contributed by atoms with Crippen LogP contribution in [0.2, 0.25) is 0 Å². The molecular formula is C11H16N4O2. The van der Waals surface area contributed by atoms with Crippen molar-refractivity contribution in [3.05, 3.63) is 12.3 Å². The van der Waals surface area contributed by atoms with Crippen LogP contribution in [0.25, 0.3) is 0 Å². The number of carbonyl (C=O) groups is 1. The number of anilines is 1. The van der Waals surface area contributed by atoms with Crippen molar-refractivity contribution in [3.63, 3.8) is 0 Å². The van der Waals surface area contributed by atoms with Crippen molar-refractivity contribution in [2.24, 2.45) is 11.7 Å². The summed E-state index contributed by atoms with van der Waals surface area (Å²) in [6.45, 7) is 1.43. The number of nitrogens with two attached hydrogens (primary N) is 1. The first-order valence-corrected chi connectivity index (χ1v) is 5.62. The van der Waals surface area contributed by atoms with Gasteiger partial charge in [0.2, 0.25) is 17.7 Å². The summed E-state index contributed by atoms with van der Waals surface area (Å²) in [6.07, 6.45) is 3.42. The SMILES string of the molecule is COc1ccnc(N2CCC[C@H](C(N)=O)C2)n1. The molecule has 1 aliphatic rings. The number of amides is 1. The van der Waals surface area contributed by atoms with Crippen LogP contribution in [0.4, 0.5) is 5.95 Å². The maximum absolute atomic E-state index is 11.2. The quantitative estimate of drug-likeness (QED) is 0.810. The molecule has 2 rings (SSSR count). The monoisotopic (exact) mass is 236 g/mol. The molecule has 17 heavy (non-hydrogen) atoms. The molecule has 92 valence electrons. The van der Waals surface area contributed by atoms with Crippen LogP contribution >= 0.6 is 0 Å². The second kappa shape index (κ2) is 4.99. The summed E-state index contributed by atoms with van der Waals surface area (Å²) in [5.41, 5.74) is 5.33. The van der Waals surface area contributed by atoms with Crippen molar-refractivity contribution in [3.8, 4) is 5.88 Å². The average molecular weight is 236 g/mol. The third kappa shape index (κ3) is 2.64. The zero-order valence-electron chi connectivity index (χ0n) is 9.80. The zero-order chi connectivity index (χ0) is 12.3. The van der Waals surface area contributed by atoms with Gasteiger partial charge in [0, 0.05) is 25.4 Å². The number of primary amides is 1. The second-order valence-electron chi connectivity index (χ2n) is 4.09. The van der Waals surface area contributed by atoms with E-state index in [1.807, 2.05) is 4.90 Å². The van der Waals surface area contributed by atoms with Gasteiger partial charge >= 0.3 is 0 Å². The van der Waals surface area contributed by atoms with Crippen molar-refractivity contribution < 1.29 is 9.53 Å². The highest BCUT2D eigenvalue weighted by atomic mass is 16.5. The summed E-state index contributed by atoms with van der Waals surface area (Å²) in [5, 5.41) is 0. The van der Waals surface area contributed by atoms with E-state index in [-0.39, 0.29) is 11.8 Å². The van der Waals surface area contributed by atoms with Crippen molar-refractivity contribution in [1.82, 2.24) is 9.97 Å². The maximum atomic E-state index is 11.2. The van der Waals surface area contributed by atoms with Gasteiger partial charge in [0.05, 0.1) is 13.0 Å². The van der Waals surface area contributed by atoms with Gasteiger partial charge in [-0.2, -0.15) is 4.98 Å². The first-order valence-electron chi connectivity index (χ1n) is 5.62. The highest BCUT2D eigenvalue weighted by Gasteiger charge is 2.25. The molecule has 2 heterocycles. The topological polar surface area (TPSA) is 81.3 Å². The van der Waals surface area contributed by atoms with E-state index >= 15 is 0 Å². The number of aromatic nitrogens is 2. The van der Waals surface area contributed by atoms with E-state index in [1.54, 1.807) is 19.4 Å². The molecule has 0 aromatic carbocycles. The van der Waals surface area contributed by atoms with Gasteiger partial charge in [-0.05, 0) is 12.8 Å². The van der Waals surface area contributed by atoms with Gasteiger partial charge in [-0.15, -0.1) is 0 Å². The van der Waals surface area contributed by atoms with Crippen molar-refractivity contribution in [2.75, 3.05) is 25.1 Å². The number of carbonyl (C=O) groups excluding carboxylic acids is 1. The lowest BCUT2D eigenvalue weighted by atomic mass is 9.98. The first kappa shape index (κ1) is 11.6. The highest BCUT2D eigenvalue weighted by Crippen LogP contribution is 2.21. The fourth-order valence-electron chi connectivity index (χ4n) is 1.99. The molecule has 2 N–H and O–H groups in total. The third-order valence-electron chi connectivity index (χ3n) is 2.93. The Kier molecular flexibility index (Phi) is 3.41. The van der Waals surface area contributed by atoms with Gasteiger partial charge in [-0.3, -0.25) is 4.79 Å². The molecule has 6 heteroatoms. The smallest absolute Gasteiger partial charge is 0.228 e. The molecule has 1 aromatic rings. The molecule has 6 nitrogen and oxygen atoms in total. The fraction of sp³-hybridized carbons (Fsp3) is 0.545. The standard InChI is InChI=1S/C11H16N4O2/c1-17-9-4-5-13-11(14-9)15-6-2-3-8(7-15)10(12)16/h4-5,8H,2-3,6-7H2,1H3,(H2,12,16)/t8-/m0/s1. The summed E-state index contributed by atoms with van der Waals surface area (Å²) >= 11 is 0. The molecule has 0 radical (unpaired) electrons. The summed E-state index contributed by atoms with van der Waals surface area (Å²) in [4.78, 5) is 21.6. The molecule has 0 unspecified atom stereocenters. The maximum Gasteiger partial charge on any atom is 0.228 e. The lowest BCUT2D eigenvalue weighted by molar-refractivity contribution is -0.122. The normalized spacial score (nSPS) is 20.1. The lowest BCUT2D eigenvalue weighted by Crippen LogP contribution is -2.41. The van der Waals surface area contributed by atoms with E-state index in [0.717, 1.165) is 19.4 Å². The summed E-state index contributed by atoms with van der Waals surface area (Å²) in [6, 6.07) is 1.69. The van der Waals surface area contributed by atoms with E-state index in [2.05, 4.69) is 9.97 Å². The van der Waals surface area contributed by atoms with E-state index < -0.39 is 0 Å².